The van der Waals surface area contributed by atoms with Crippen molar-refractivity contribution < 1.29 is 9.84 Å². The average Bonchev–Trinajstić information content (AvgIpc) is 3.00. The van der Waals surface area contributed by atoms with Gasteiger partial charge < -0.3 is 9.84 Å². The molecule has 1 aromatic carbocycles. The van der Waals surface area contributed by atoms with Crippen molar-refractivity contribution in [2.45, 2.75) is 31.3 Å². The highest BCUT2D eigenvalue weighted by Crippen LogP contribution is 2.43. The fraction of sp³-hybridized carbons (Fsp3) is 0.385. The Balaban J connectivity index is 2.01. The van der Waals surface area contributed by atoms with Crippen molar-refractivity contribution >= 4 is 23.2 Å². The largest absolute Gasteiger partial charge is 0.368 e. The van der Waals surface area contributed by atoms with Crippen LogP contribution in [0.4, 0.5) is 0 Å². The van der Waals surface area contributed by atoms with E-state index in [4.69, 9.17) is 27.9 Å². The van der Waals surface area contributed by atoms with Crippen LogP contribution in [-0.2, 0) is 16.9 Å². The first-order valence-corrected chi connectivity index (χ1v) is 7.00. The number of benzene rings is 1. The van der Waals surface area contributed by atoms with Gasteiger partial charge in [-0.3, -0.25) is 0 Å². The third-order valence-corrected chi connectivity index (χ3v) is 4.02. The van der Waals surface area contributed by atoms with E-state index in [9.17, 15) is 5.11 Å². The second-order valence-corrected chi connectivity index (χ2v) is 5.67. The number of halogens is 2. The minimum atomic E-state index is -0.801. The van der Waals surface area contributed by atoms with Gasteiger partial charge in [0.05, 0.1) is 12.7 Å². The zero-order valence-electron chi connectivity index (χ0n) is 10.5. The molecule has 1 fully saturated rings. The Morgan fingerprint density at radius 2 is 2.30 bits per heavy atom. The topological polar surface area (TPSA) is 60.2 Å². The molecule has 3 rings (SSSR count). The third kappa shape index (κ3) is 2.54. The molecule has 1 aromatic heterocycles. The molecule has 7 heteroatoms. The molecule has 0 bridgehead atoms. The summed E-state index contributed by atoms with van der Waals surface area (Å²) in [7, 11) is 0. The van der Waals surface area contributed by atoms with Gasteiger partial charge >= 0.3 is 0 Å². The number of nitrogens with zero attached hydrogens (tertiary/aromatic N) is 3. The molecular formula is C13H13Cl2N3O2. The number of aromatic nitrogens is 3. The maximum atomic E-state index is 9.76. The summed E-state index contributed by atoms with van der Waals surface area (Å²) in [5.41, 5.74) is 0.0880. The number of hydrogen-bond acceptors (Lipinski definition) is 4. The van der Waals surface area contributed by atoms with Crippen LogP contribution in [0.25, 0.3) is 0 Å². The number of hydrogen-bond donors (Lipinski definition) is 1. The number of aliphatic hydroxyl groups excluding tert-OH is 1. The molecule has 0 radical (unpaired) electrons. The van der Waals surface area contributed by atoms with Crippen LogP contribution >= 0.6 is 23.2 Å². The number of aliphatic hydroxyl groups is 1. The van der Waals surface area contributed by atoms with E-state index in [-0.39, 0.29) is 0 Å². The molecule has 106 valence electrons. The fourth-order valence-corrected chi connectivity index (χ4v) is 3.15. The van der Waals surface area contributed by atoms with Crippen LogP contribution in [0.5, 0.6) is 0 Å². The number of ether oxygens (including phenoxy) is 1. The molecule has 2 atom stereocenters. The van der Waals surface area contributed by atoms with Crippen LogP contribution in [0.2, 0.25) is 10.0 Å². The first-order valence-electron chi connectivity index (χ1n) is 6.25. The molecule has 2 heterocycles. The molecule has 0 saturated carbocycles. The quantitative estimate of drug-likeness (QED) is 0.946. The summed E-state index contributed by atoms with van der Waals surface area (Å²) in [6, 6.07) is 5.27. The van der Waals surface area contributed by atoms with E-state index in [1.807, 2.05) is 6.07 Å². The second-order valence-electron chi connectivity index (χ2n) is 4.83. The summed E-state index contributed by atoms with van der Waals surface area (Å²) < 4.78 is 7.44. The van der Waals surface area contributed by atoms with Gasteiger partial charge in [-0.2, -0.15) is 0 Å². The van der Waals surface area contributed by atoms with Gasteiger partial charge in [-0.1, -0.05) is 34.5 Å². The highest BCUT2D eigenvalue weighted by molar-refractivity contribution is 6.35. The first kappa shape index (κ1) is 13.8. The van der Waals surface area contributed by atoms with Gasteiger partial charge in [0.25, 0.3) is 0 Å². The second kappa shape index (κ2) is 5.33. The van der Waals surface area contributed by atoms with E-state index in [1.165, 1.54) is 0 Å². The highest BCUT2D eigenvalue weighted by Gasteiger charge is 2.43. The summed E-state index contributed by atoms with van der Waals surface area (Å²) in [5, 5.41) is 18.6. The summed E-state index contributed by atoms with van der Waals surface area (Å²) in [6.07, 6.45) is 3.75. The molecule has 1 N–H and O–H groups in total. The summed E-state index contributed by atoms with van der Waals surface area (Å²) >= 11 is 12.2. The molecule has 5 nitrogen and oxygen atoms in total. The molecule has 2 unspecified atom stereocenters. The van der Waals surface area contributed by atoms with Crippen molar-refractivity contribution in [2.24, 2.45) is 0 Å². The van der Waals surface area contributed by atoms with Gasteiger partial charge in [0.2, 0.25) is 0 Å². The molecular weight excluding hydrogens is 301 g/mol. The SMILES string of the molecule is OC1CCC(Cn2ccnn2)(c2ccc(Cl)cc2Cl)O1. The van der Waals surface area contributed by atoms with Crippen LogP contribution in [0, 0.1) is 0 Å². The van der Waals surface area contributed by atoms with Crippen molar-refractivity contribution in [3.8, 4) is 0 Å². The number of rotatable bonds is 3. The summed E-state index contributed by atoms with van der Waals surface area (Å²) in [4.78, 5) is 0. The normalized spacial score (nSPS) is 26.1. The fourth-order valence-electron chi connectivity index (χ4n) is 2.57. The lowest BCUT2D eigenvalue weighted by molar-refractivity contribution is -0.148. The highest BCUT2D eigenvalue weighted by atomic mass is 35.5. The summed E-state index contributed by atoms with van der Waals surface area (Å²) in [5.74, 6) is 0. The Morgan fingerprint density at radius 1 is 1.45 bits per heavy atom. The van der Waals surface area contributed by atoms with Crippen LogP contribution in [0.3, 0.4) is 0 Å². The molecule has 0 aliphatic carbocycles. The van der Waals surface area contributed by atoms with E-state index in [0.717, 1.165) is 5.56 Å². The lowest BCUT2D eigenvalue weighted by Gasteiger charge is -2.30. The Bertz CT molecular complexity index is 606. The molecule has 20 heavy (non-hydrogen) atoms. The van der Waals surface area contributed by atoms with Gasteiger partial charge in [-0.05, 0) is 18.6 Å². The van der Waals surface area contributed by atoms with Crippen molar-refractivity contribution in [1.29, 1.82) is 0 Å². The Labute approximate surface area is 126 Å². The van der Waals surface area contributed by atoms with Crippen molar-refractivity contribution in [2.75, 3.05) is 0 Å². The van der Waals surface area contributed by atoms with Crippen molar-refractivity contribution in [3.05, 3.63) is 46.2 Å². The van der Waals surface area contributed by atoms with Gasteiger partial charge in [-0.15, -0.1) is 5.10 Å². The minimum absolute atomic E-state index is 0.436. The van der Waals surface area contributed by atoms with Crippen molar-refractivity contribution in [1.82, 2.24) is 15.0 Å². The predicted octanol–water partition coefficient (Wildman–Crippen LogP) is 2.61. The van der Waals surface area contributed by atoms with Gasteiger partial charge in [0, 0.05) is 28.2 Å². The van der Waals surface area contributed by atoms with Crippen LogP contribution in [0.1, 0.15) is 18.4 Å². The predicted molar refractivity (Wildman–Crippen MR) is 74.5 cm³/mol. The minimum Gasteiger partial charge on any atom is -0.368 e. The third-order valence-electron chi connectivity index (χ3n) is 3.47. The van der Waals surface area contributed by atoms with E-state index in [1.54, 1.807) is 29.2 Å². The Kier molecular flexibility index (Phi) is 3.69. The van der Waals surface area contributed by atoms with Crippen molar-refractivity contribution in [3.63, 3.8) is 0 Å². The Hall–Kier alpha value is -1.14. The molecule has 2 aromatic rings. The zero-order chi connectivity index (χ0) is 14.2. The molecule has 0 spiro atoms. The van der Waals surface area contributed by atoms with Crippen LogP contribution < -0.4 is 0 Å². The Morgan fingerprint density at radius 3 is 2.90 bits per heavy atom. The monoisotopic (exact) mass is 313 g/mol. The zero-order valence-corrected chi connectivity index (χ0v) is 12.1. The lowest BCUT2D eigenvalue weighted by atomic mass is 9.90. The average molecular weight is 314 g/mol. The van der Waals surface area contributed by atoms with Gasteiger partial charge in [0.15, 0.2) is 6.29 Å². The maximum Gasteiger partial charge on any atom is 0.155 e. The smallest absolute Gasteiger partial charge is 0.155 e. The van der Waals surface area contributed by atoms with Gasteiger partial charge in [0.1, 0.15) is 5.60 Å². The molecule has 1 aliphatic heterocycles. The standard InChI is InChI=1S/C13H13Cl2N3O2/c14-9-1-2-10(11(15)7-9)13(4-3-12(19)20-13)8-18-6-5-16-17-18/h1-2,5-7,12,19H,3-4,8H2. The molecule has 1 saturated heterocycles. The van der Waals surface area contributed by atoms with Crippen LogP contribution in [-0.4, -0.2) is 26.4 Å². The maximum absolute atomic E-state index is 9.76. The van der Waals surface area contributed by atoms with E-state index in [0.29, 0.717) is 29.4 Å². The molecule has 1 aliphatic rings. The van der Waals surface area contributed by atoms with E-state index >= 15 is 0 Å². The van der Waals surface area contributed by atoms with Gasteiger partial charge in [-0.25, -0.2) is 4.68 Å². The first-order chi connectivity index (χ1) is 9.59. The van der Waals surface area contributed by atoms with E-state index < -0.39 is 11.9 Å². The molecule has 0 amide bonds. The van der Waals surface area contributed by atoms with Crippen LogP contribution in [0.15, 0.2) is 30.6 Å². The summed E-state index contributed by atoms with van der Waals surface area (Å²) in [6.45, 7) is 0.436. The lowest BCUT2D eigenvalue weighted by Crippen LogP contribution is -2.32. The van der Waals surface area contributed by atoms with E-state index in [2.05, 4.69) is 10.3 Å².